The Morgan fingerprint density at radius 1 is 0.822 bits per heavy atom. The number of fused-ring (bicyclic) bond motifs is 1. The number of pyridine rings is 1. The third-order valence-electron chi connectivity index (χ3n) is 6.30. The van der Waals surface area contributed by atoms with Crippen molar-refractivity contribution in [1.82, 2.24) is 10.3 Å². The van der Waals surface area contributed by atoms with Crippen LogP contribution in [0.5, 0.6) is 0 Å². The number of benzene rings is 4. The molecule has 13 heteroatoms. The van der Waals surface area contributed by atoms with Crippen molar-refractivity contribution in [3.05, 3.63) is 140 Å². The smallest absolute Gasteiger partial charge is 0.330 e. The third-order valence-corrected chi connectivity index (χ3v) is 7.44. The molecule has 0 aliphatic carbocycles. The first-order valence-corrected chi connectivity index (χ1v) is 14.1. The molecule has 0 saturated heterocycles. The minimum Gasteiger partial charge on any atom is -0.479 e. The second-order valence-electron chi connectivity index (χ2n) is 9.13. The summed E-state index contributed by atoms with van der Waals surface area (Å²) >= 11 is 22.9. The average Bonchev–Trinajstić information content (AvgIpc) is 2.99. The van der Waals surface area contributed by atoms with E-state index in [2.05, 4.69) is 15.1 Å². The molecule has 5 rings (SSSR count). The van der Waals surface area contributed by atoms with E-state index in [0.717, 1.165) is 12.1 Å². The zero-order valence-electron chi connectivity index (χ0n) is 22.5. The van der Waals surface area contributed by atoms with Gasteiger partial charge in [0, 0.05) is 22.2 Å². The summed E-state index contributed by atoms with van der Waals surface area (Å²) in [6, 6.07) is 17.5. The number of nitrogens with zero attached hydrogens (tertiary/aromatic N) is 2. The van der Waals surface area contributed by atoms with Gasteiger partial charge in [0.1, 0.15) is 11.6 Å². The molecule has 0 saturated carbocycles. The van der Waals surface area contributed by atoms with Gasteiger partial charge < -0.3 is 10.4 Å². The van der Waals surface area contributed by atoms with Crippen molar-refractivity contribution in [3.8, 4) is 11.1 Å². The maximum atomic E-state index is 14.2. The second-order valence-corrected chi connectivity index (χ2v) is 10.7. The molecule has 0 unspecified atom stereocenters. The first-order chi connectivity index (χ1) is 21.4. The monoisotopic (exact) mass is 685 g/mol. The van der Waals surface area contributed by atoms with Gasteiger partial charge in [-0.2, -0.15) is 0 Å². The van der Waals surface area contributed by atoms with Crippen LogP contribution in [-0.2, 0) is 4.79 Å². The van der Waals surface area contributed by atoms with Gasteiger partial charge in [-0.25, -0.2) is 18.4 Å². The molecule has 4 aromatic carbocycles. The molecule has 7 nitrogen and oxygen atoms in total. The lowest BCUT2D eigenvalue weighted by Gasteiger charge is -2.18. The molecule has 1 amide bonds. The van der Waals surface area contributed by atoms with Crippen LogP contribution in [0.1, 0.15) is 32.3 Å². The predicted octanol–water partition coefficient (Wildman–Crippen LogP) is 9.31. The predicted molar refractivity (Wildman–Crippen MR) is 169 cm³/mol. The first-order valence-electron chi connectivity index (χ1n) is 12.6. The van der Waals surface area contributed by atoms with Crippen LogP contribution in [-0.4, -0.2) is 27.2 Å². The van der Waals surface area contributed by atoms with Crippen LogP contribution in [0.25, 0.3) is 26.9 Å². The number of carbonyl (C=O) groups is 3. The Bertz CT molecular complexity index is 1980. The number of halogens is 6. The number of aliphatic carboxylic acids is 1. The van der Waals surface area contributed by atoms with Gasteiger partial charge in [-0.3, -0.25) is 14.6 Å². The maximum Gasteiger partial charge on any atom is 0.330 e. The van der Waals surface area contributed by atoms with Crippen LogP contribution in [0.4, 0.5) is 14.5 Å². The van der Waals surface area contributed by atoms with Gasteiger partial charge in [0.2, 0.25) is 0 Å². The molecule has 0 bridgehead atoms. The first kappa shape index (κ1) is 33.3. The normalized spacial score (nSPS) is 11.1. The molecule has 1 heterocycles. The minimum atomic E-state index is -1.52. The van der Waals surface area contributed by atoms with Gasteiger partial charge in [0.05, 0.1) is 33.3 Å². The maximum absolute atomic E-state index is 14.2. The lowest BCUT2D eigenvalue weighted by Crippen LogP contribution is -2.34. The fraction of sp³-hybridized carbons (Fsp3) is 0.0312. The Morgan fingerprint density at radius 2 is 1.47 bits per heavy atom. The van der Waals surface area contributed by atoms with Crippen molar-refractivity contribution >= 4 is 80.1 Å². The highest BCUT2D eigenvalue weighted by Crippen LogP contribution is 2.37. The molecule has 0 aliphatic rings. The van der Waals surface area contributed by atoms with Gasteiger partial charge in [-0.15, -0.1) is 0 Å². The molecule has 45 heavy (non-hydrogen) atoms. The highest BCUT2D eigenvalue weighted by molar-refractivity contribution is 6.68. The van der Waals surface area contributed by atoms with E-state index in [1.165, 1.54) is 30.3 Å². The number of carboxylic acids is 1. The number of hydrogen-bond donors (Lipinski definition) is 2. The Labute approximate surface area is 274 Å². The lowest BCUT2D eigenvalue weighted by atomic mass is 9.95. The highest BCUT2D eigenvalue weighted by atomic mass is 35.5. The molecule has 226 valence electrons. The van der Waals surface area contributed by atoms with E-state index in [9.17, 15) is 28.3 Å². The van der Waals surface area contributed by atoms with Crippen LogP contribution in [0.15, 0.2) is 85.1 Å². The topological polar surface area (TPSA) is 101 Å². The summed E-state index contributed by atoms with van der Waals surface area (Å²) in [6.07, 6.45) is 1.59. The van der Waals surface area contributed by atoms with E-state index < -0.39 is 40.4 Å². The summed E-state index contributed by atoms with van der Waals surface area (Å²) in [5.41, 5.74) is 1.45. The zero-order valence-corrected chi connectivity index (χ0v) is 25.5. The molecule has 2 N–H and O–H groups in total. The summed E-state index contributed by atoms with van der Waals surface area (Å²) < 4.78 is 26.9. The number of rotatable bonds is 6. The molecular formula is C32H17Cl4F2N3O4. The molecule has 1 atom stereocenters. The highest BCUT2D eigenvalue weighted by Gasteiger charge is 2.27. The van der Waals surface area contributed by atoms with Crippen molar-refractivity contribution < 1.29 is 28.3 Å². The molecule has 0 spiro atoms. The van der Waals surface area contributed by atoms with Crippen molar-refractivity contribution in [1.29, 1.82) is 0 Å². The lowest BCUT2D eigenvalue weighted by molar-refractivity contribution is -0.139. The number of nitrogens with one attached hydrogen (secondary N) is 1. The summed E-state index contributed by atoms with van der Waals surface area (Å²) in [5, 5.41) is 12.1. The van der Waals surface area contributed by atoms with Gasteiger partial charge in [-0.05, 0) is 71.3 Å². The number of aromatic nitrogens is 1. The Morgan fingerprint density at radius 3 is 2.00 bits per heavy atom. The number of hydrogen-bond acceptors (Lipinski definition) is 4. The summed E-state index contributed by atoms with van der Waals surface area (Å²) in [7, 11) is 0. The van der Waals surface area contributed by atoms with E-state index in [-0.39, 0.29) is 26.2 Å². The molecular weight excluding hydrogens is 670 g/mol. The Kier molecular flexibility index (Phi) is 10.7. The second kappa shape index (κ2) is 14.5. The Hall–Kier alpha value is -4.59. The Balaban J connectivity index is 0.000000354. The van der Waals surface area contributed by atoms with Crippen LogP contribution >= 0.6 is 46.4 Å². The molecule has 0 radical (unpaired) electrons. The third kappa shape index (κ3) is 7.56. The summed E-state index contributed by atoms with van der Waals surface area (Å²) in [4.78, 5) is 43.2. The van der Waals surface area contributed by atoms with E-state index in [4.69, 9.17) is 53.0 Å². The van der Waals surface area contributed by atoms with Gasteiger partial charge in [-0.1, -0.05) is 65.1 Å². The number of carbonyl (C=O) groups excluding carboxylic acids is 2. The standard InChI is InChI=1S/C25H14Cl2FN3O3.C7H3Cl2FO/c1-29-15-7-8-16(19(27)12-15)17-11-14(10-13-4-3-9-30-22(13)17)23(25(33)34)31-24(32)21-18(26)5-2-6-20(21)28;8-4-2-1-3-5(10)6(4)7(9)11/h2-12,23H,(H,31,32)(H,33,34);1-3H/t23-;/m0./s1. The molecule has 5 aromatic rings. The van der Waals surface area contributed by atoms with Crippen molar-refractivity contribution in [3.63, 3.8) is 0 Å². The van der Waals surface area contributed by atoms with Crippen LogP contribution in [0, 0.1) is 18.2 Å². The fourth-order valence-electron chi connectivity index (χ4n) is 4.27. The molecule has 1 aromatic heterocycles. The van der Waals surface area contributed by atoms with Crippen LogP contribution in [0.2, 0.25) is 15.1 Å². The van der Waals surface area contributed by atoms with E-state index in [1.54, 1.807) is 42.6 Å². The zero-order chi connectivity index (χ0) is 32.8. The van der Waals surface area contributed by atoms with E-state index in [0.29, 0.717) is 27.7 Å². The van der Waals surface area contributed by atoms with Crippen LogP contribution < -0.4 is 5.32 Å². The summed E-state index contributed by atoms with van der Waals surface area (Å²) in [5.74, 6) is -3.89. The van der Waals surface area contributed by atoms with Crippen molar-refractivity contribution in [2.75, 3.05) is 0 Å². The SMILES string of the molecule is O=C(Cl)c1c(F)cccc1Cl.[C-]#[N+]c1ccc(-c2cc([C@H](NC(=O)c3c(F)cccc3Cl)C(=O)O)cc3cccnc23)c(Cl)c1. The fourth-order valence-corrected chi connectivity index (χ4v) is 5.29. The van der Waals surface area contributed by atoms with Gasteiger partial charge in [0.15, 0.2) is 11.7 Å². The number of amides is 1. The average molecular weight is 687 g/mol. The van der Waals surface area contributed by atoms with E-state index >= 15 is 0 Å². The minimum absolute atomic E-state index is 0.0324. The molecule has 0 aliphatic heterocycles. The van der Waals surface area contributed by atoms with Gasteiger partial charge >= 0.3 is 5.97 Å². The number of carboxylic acid groups (broad SMARTS) is 1. The van der Waals surface area contributed by atoms with Gasteiger partial charge in [0.25, 0.3) is 11.1 Å². The quantitative estimate of drug-likeness (QED) is 0.137. The van der Waals surface area contributed by atoms with Crippen LogP contribution in [0.3, 0.4) is 0 Å². The van der Waals surface area contributed by atoms with E-state index in [1.807, 2.05) is 0 Å². The summed E-state index contributed by atoms with van der Waals surface area (Å²) in [6.45, 7) is 7.16. The largest absolute Gasteiger partial charge is 0.479 e. The molecule has 0 fully saturated rings. The van der Waals surface area contributed by atoms with Crippen molar-refractivity contribution in [2.45, 2.75) is 6.04 Å². The van der Waals surface area contributed by atoms with Crippen molar-refractivity contribution in [2.24, 2.45) is 0 Å².